The normalized spacial score (nSPS) is 15.7. The third-order valence-electron chi connectivity index (χ3n) is 6.31. The highest BCUT2D eigenvalue weighted by atomic mass is 32.2. The molecule has 3 N–H and O–H groups in total. The minimum absolute atomic E-state index is 0.0296. The predicted octanol–water partition coefficient (Wildman–Crippen LogP) is 5.46. The van der Waals surface area contributed by atoms with Crippen LogP contribution in [0.15, 0.2) is 79.1 Å². The molecule has 5 rings (SSSR count). The Morgan fingerprint density at radius 3 is 2.59 bits per heavy atom. The first kappa shape index (κ1) is 28.3. The van der Waals surface area contributed by atoms with Crippen LogP contribution in [-0.2, 0) is 22.0 Å². The summed E-state index contributed by atoms with van der Waals surface area (Å²) in [5, 5.41) is 6.61. The van der Waals surface area contributed by atoms with Crippen LogP contribution in [-0.4, -0.2) is 42.5 Å². The lowest BCUT2D eigenvalue weighted by atomic mass is 10.1. The molecule has 13 heteroatoms. The first-order valence-electron chi connectivity index (χ1n) is 12.9. The Morgan fingerprint density at radius 2 is 1.83 bits per heavy atom. The Hall–Kier alpha value is -4.23. The molecule has 1 saturated heterocycles. The number of halogens is 3. The molecule has 2 aromatic heterocycles. The summed E-state index contributed by atoms with van der Waals surface area (Å²) in [6.45, 7) is 1.75. The fraction of sp³-hybridized carbons (Fsp3) is 0.250. The van der Waals surface area contributed by atoms with E-state index in [1.165, 1.54) is 12.3 Å². The van der Waals surface area contributed by atoms with Gasteiger partial charge in [-0.3, -0.25) is 4.72 Å². The molecule has 1 fully saturated rings. The van der Waals surface area contributed by atoms with Crippen molar-refractivity contribution < 1.29 is 26.3 Å². The van der Waals surface area contributed by atoms with E-state index >= 15 is 0 Å². The van der Waals surface area contributed by atoms with Gasteiger partial charge in [0.2, 0.25) is 21.9 Å². The lowest BCUT2D eigenvalue weighted by molar-refractivity contribution is -0.137. The fourth-order valence-electron chi connectivity index (χ4n) is 4.42. The monoisotopic (exact) mass is 584 g/mol. The molecule has 0 amide bonds. The SMILES string of the molecule is O=S(=O)(Cc1ccccc1)Nc1ccc(Oc2ncccc2-c2ccnc(N[C@H]3CCCNC3)n2)cc1C(F)(F)F. The smallest absolute Gasteiger partial charge is 0.418 e. The molecule has 0 saturated carbocycles. The quantitative estimate of drug-likeness (QED) is 0.238. The lowest BCUT2D eigenvalue weighted by Crippen LogP contribution is -2.38. The molecule has 0 aliphatic carbocycles. The zero-order valence-electron chi connectivity index (χ0n) is 21.7. The lowest BCUT2D eigenvalue weighted by Gasteiger charge is -2.23. The maximum absolute atomic E-state index is 14.0. The van der Waals surface area contributed by atoms with Gasteiger partial charge in [-0.05, 0) is 61.3 Å². The molecule has 1 aliphatic rings. The zero-order chi connectivity index (χ0) is 28.9. The maximum Gasteiger partial charge on any atom is 0.418 e. The third-order valence-corrected chi connectivity index (χ3v) is 7.55. The highest BCUT2D eigenvalue weighted by Crippen LogP contribution is 2.39. The van der Waals surface area contributed by atoms with Gasteiger partial charge < -0.3 is 15.4 Å². The second-order valence-corrected chi connectivity index (χ2v) is 11.2. The van der Waals surface area contributed by atoms with Crippen molar-refractivity contribution in [1.29, 1.82) is 0 Å². The summed E-state index contributed by atoms with van der Waals surface area (Å²) >= 11 is 0. The largest absolute Gasteiger partial charge is 0.438 e. The second-order valence-electron chi connectivity index (χ2n) is 9.46. The van der Waals surface area contributed by atoms with Gasteiger partial charge in [0.15, 0.2) is 0 Å². The summed E-state index contributed by atoms with van der Waals surface area (Å²) in [5.41, 5.74) is -0.448. The number of anilines is 2. The molecule has 0 radical (unpaired) electrons. The Bertz CT molecular complexity index is 1600. The molecule has 3 heterocycles. The average molecular weight is 585 g/mol. The molecule has 2 aromatic carbocycles. The van der Waals surface area contributed by atoms with Gasteiger partial charge >= 0.3 is 6.18 Å². The number of pyridine rings is 1. The summed E-state index contributed by atoms with van der Waals surface area (Å²) in [7, 11) is -4.13. The van der Waals surface area contributed by atoms with Crippen LogP contribution < -0.4 is 20.1 Å². The molecule has 0 bridgehead atoms. The molecular weight excluding hydrogens is 557 g/mol. The van der Waals surface area contributed by atoms with Crippen molar-refractivity contribution in [1.82, 2.24) is 20.3 Å². The van der Waals surface area contributed by atoms with E-state index in [2.05, 4.69) is 30.3 Å². The van der Waals surface area contributed by atoms with E-state index < -0.39 is 33.2 Å². The molecule has 41 heavy (non-hydrogen) atoms. The number of benzene rings is 2. The number of aromatic nitrogens is 3. The van der Waals surface area contributed by atoms with E-state index in [-0.39, 0.29) is 17.7 Å². The van der Waals surface area contributed by atoms with Gasteiger partial charge in [0.1, 0.15) is 5.75 Å². The number of hydrogen-bond donors (Lipinski definition) is 3. The Labute approximate surface area is 235 Å². The second kappa shape index (κ2) is 12.1. The summed E-state index contributed by atoms with van der Waals surface area (Å²) < 4.78 is 75.2. The Balaban J connectivity index is 1.39. The van der Waals surface area contributed by atoms with Crippen LogP contribution in [0.2, 0.25) is 0 Å². The summed E-state index contributed by atoms with van der Waals surface area (Å²) in [6.07, 6.45) is 0.171. The van der Waals surface area contributed by atoms with E-state index in [4.69, 9.17) is 4.74 Å². The van der Waals surface area contributed by atoms with Gasteiger partial charge in [-0.2, -0.15) is 13.2 Å². The first-order chi connectivity index (χ1) is 19.7. The molecule has 9 nitrogen and oxygen atoms in total. The van der Waals surface area contributed by atoms with Gasteiger partial charge in [-0.25, -0.2) is 23.4 Å². The van der Waals surface area contributed by atoms with E-state index in [0.29, 0.717) is 22.8 Å². The minimum Gasteiger partial charge on any atom is -0.438 e. The van der Waals surface area contributed by atoms with Gasteiger partial charge in [-0.15, -0.1) is 0 Å². The van der Waals surface area contributed by atoms with Crippen molar-refractivity contribution in [2.45, 2.75) is 30.8 Å². The molecule has 1 atom stereocenters. The van der Waals surface area contributed by atoms with Crippen molar-refractivity contribution in [3.05, 3.63) is 90.3 Å². The fourth-order valence-corrected chi connectivity index (χ4v) is 5.64. The number of alkyl halides is 3. The maximum atomic E-state index is 14.0. The van der Waals surface area contributed by atoms with Crippen molar-refractivity contribution in [3.63, 3.8) is 0 Å². The summed E-state index contributed by atoms with van der Waals surface area (Å²) in [6, 6.07) is 16.4. The minimum atomic E-state index is -4.86. The number of piperidine rings is 1. The number of sulfonamides is 1. The molecule has 0 unspecified atom stereocenters. The number of hydrogen-bond acceptors (Lipinski definition) is 8. The highest BCUT2D eigenvalue weighted by Gasteiger charge is 2.35. The molecular formula is C28H27F3N6O3S. The third kappa shape index (κ3) is 7.50. The summed E-state index contributed by atoms with van der Waals surface area (Å²) in [4.78, 5) is 13.1. The molecule has 214 valence electrons. The van der Waals surface area contributed by atoms with Crippen LogP contribution in [0.5, 0.6) is 11.6 Å². The van der Waals surface area contributed by atoms with Gasteiger partial charge in [0.05, 0.1) is 28.3 Å². The Morgan fingerprint density at radius 1 is 1.00 bits per heavy atom. The van der Waals surface area contributed by atoms with Crippen molar-refractivity contribution in [3.8, 4) is 22.9 Å². The van der Waals surface area contributed by atoms with E-state index in [1.54, 1.807) is 54.7 Å². The van der Waals surface area contributed by atoms with Gasteiger partial charge in [0, 0.05) is 25.0 Å². The number of ether oxygens (including phenoxy) is 1. The number of nitrogens with one attached hydrogen (secondary N) is 3. The molecule has 4 aromatic rings. The van der Waals surface area contributed by atoms with Crippen LogP contribution in [0.25, 0.3) is 11.3 Å². The Kier molecular flexibility index (Phi) is 8.36. The zero-order valence-corrected chi connectivity index (χ0v) is 22.5. The first-order valence-corrected chi connectivity index (χ1v) is 14.5. The summed E-state index contributed by atoms with van der Waals surface area (Å²) in [5.74, 6) is -0.211. The molecule has 0 spiro atoms. The van der Waals surface area contributed by atoms with E-state index in [1.807, 2.05) is 0 Å². The van der Waals surface area contributed by atoms with Crippen LogP contribution in [0.4, 0.5) is 24.8 Å². The van der Waals surface area contributed by atoms with Crippen LogP contribution in [0.1, 0.15) is 24.0 Å². The van der Waals surface area contributed by atoms with Crippen molar-refractivity contribution >= 4 is 21.7 Å². The van der Waals surface area contributed by atoms with Gasteiger partial charge in [-0.1, -0.05) is 30.3 Å². The van der Waals surface area contributed by atoms with Crippen LogP contribution >= 0.6 is 0 Å². The predicted molar refractivity (Wildman–Crippen MR) is 149 cm³/mol. The van der Waals surface area contributed by atoms with E-state index in [0.717, 1.165) is 38.1 Å². The van der Waals surface area contributed by atoms with Crippen LogP contribution in [0, 0.1) is 0 Å². The number of rotatable bonds is 9. The average Bonchev–Trinajstić information content (AvgIpc) is 2.94. The van der Waals surface area contributed by atoms with Crippen molar-refractivity contribution in [2.24, 2.45) is 0 Å². The van der Waals surface area contributed by atoms with E-state index in [9.17, 15) is 21.6 Å². The highest BCUT2D eigenvalue weighted by molar-refractivity contribution is 7.91. The standard InChI is InChI=1S/C28H27F3N6O3S/c29-28(30,31)23-16-21(10-11-25(23)37-41(38,39)18-19-6-2-1-3-7-19)40-26-22(9-5-14-33-26)24-12-15-34-27(36-24)35-20-8-4-13-32-17-20/h1-3,5-7,9-12,14-16,20,32,37H,4,8,13,17-18H2,(H,34,35,36)/t20-/m0/s1. The van der Waals surface area contributed by atoms with Crippen LogP contribution in [0.3, 0.4) is 0 Å². The topological polar surface area (TPSA) is 118 Å². The van der Waals surface area contributed by atoms with Gasteiger partial charge in [0.25, 0.3) is 0 Å². The molecule has 1 aliphatic heterocycles. The number of nitrogens with zero attached hydrogens (tertiary/aromatic N) is 3. The van der Waals surface area contributed by atoms with Crippen molar-refractivity contribution in [2.75, 3.05) is 23.1 Å².